The highest BCUT2D eigenvalue weighted by molar-refractivity contribution is 5.92. The van der Waals surface area contributed by atoms with Gasteiger partial charge in [-0.3, -0.25) is 10.1 Å². The van der Waals surface area contributed by atoms with E-state index >= 15 is 0 Å². The molecular weight excluding hydrogens is 450 g/mol. The van der Waals surface area contributed by atoms with Crippen molar-refractivity contribution < 1.29 is 18.7 Å². The highest BCUT2D eigenvalue weighted by Gasteiger charge is 2.20. The number of pyridine rings is 1. The molecule has 0 radical (unpaired) electrons. The van der Waals surface area contributed by atoms with Gasteiger partial charge < -0.3 is 24.1 Å². The highest BCUT2D eigenvalue weighted by atomic mass is 16.5. The molecule has 0 unspecified atom stereocenters. The number of aromatic nitrogens is 4. The maximum atomic E-state index is 12.8. The van der Waals surface area contributed by atoms with Gasteiger partial charge in [0.15, 0.2) is 5.58 Å². The molecule has 35 heavy (non-hydrogen) atoms. The van der Waals surface area contributed by atoms with Gasteiger partial charge in [-0.05, 0) is 31.2 Å². The van der Waals surface area contributed by atoms with Crippen LogP contribution in [0.5, 0.6) is 5.75 Å². The van der Waals surface area contributed by atoms with Crippen molar-refractivity contribution >= 4 is 34.8 Å². The number of morpholine rings is 1. The van der Waals surface area contributed by atoms with Crippen LogP contribution < -0.4 is 20.3 Å². The van der Waals surface area contributed by atoms with E-state index in [1.165, 1.54) is 6.20 Å². The number of oxazole rings is 1. The maximum Gasteiger partial charge on any atom is 0.301 e. The summed E-state index contributed by atoms with van der Waals surface area (Å²) in [6, 6.07) is 12.5. The highest BCUT2D eigenvalue weighted by Crippen LogP contribution is 2.25. The fourth-order valence-electron chi connectivity index (χ4n) is 3.66. The van der Waals surface area contributed by atoms with Gasteiger partial charge in [0.2, 0.25) is 5.95 Å². The van der Waals surface area contributed by atoms with E-state index in [4.69, 9.17) is 18.9 Å². The van der Waals surface area contributed by atoms with Gasteiger partial charge in [-0.25, -0.2) is 9.97 Å². The van der Waals surface area contributed by atoms with Crippen LogP contribution in [0.1, 0.15) is 29.1 Å². The summed E-state index contributed by atoms with van der Waals surface area (Å²) in [5.74, 6) is 1.30. The maximum absolute atomic E-state index is 12.8. The van der Waals surface area contributed by atoms with Crippen molar-refractivity contribution in [2.24, 2.45) is 0 Å². The molecule has 0 bridgehead atoms. The molecule has 11 heteroatoms. The van der Waals surface area contributed by atoms with E-state index in [1.807, 2.05) is 36.1 Å². The molecule has 1 aliphatic heterocycles. The number of nitrogens with zero attached hydrogens (tertiary/aromatic N) is 5. The second kappa shape index (κ2) is 9.94. The van der Waals surface area contributed by atoms with E-state index in [0.29, 0.717) is 61.1 Å². The molecule has 180 valence electrons. The largest absolute Gasteiger partial charge is 0.495 e. The van der Waals surface area contributed by atoms with Crippen LogP contribution in [0.15, 0.2) is 53.1 Å². The van der Waals surface area contributed by atoms with Crippen molar-refractivity contribution in [3.63, 3.8) is 0 Å². The molecule has 1 atom stereocenters. The van der Waals surface area contributed by atoms with Gasteiger partial charge in [0.25, 0.3) is 5.91 Å². The monoisotopic (exact) mass is 475 g/mol. The van der Waals surface area contributed by atoms with Crippen molar-refractivity contribution in [1.82, 2.24) is 25.3 Å². The molecule has 2 N–H and O–H groups in total. The van der Waals surface area contributed by atoms with Crippen LogP contribution in [0.2, 0.25) is 0 Å². The molecule has 5 rings (SSSR count). The van der Waals surface area contributed by atoms with Gasteiger partial charge >= 0.3 is 6.01 Å². The van der Waals surface area contributed by atoms with E-state index < -0.39 is 6.04 Å². The zero-order valence-electron chi connectivity index (χ0n) is 19.4. The molecular formula is C24H25N7O4. The van der Waals surface area contributed by atoms with E-state index in [-0.39, 0.29) is 11.6 Å². The summed E-state index contributed by atoms with van der Waals surface area (Å²) in [5.41, 5.74) is 2.32. The minimum absolute atomic E-state index is 0.282. The van der Waals surface area contributed by atoms with Crippen LogP contribution >= 0.6 is 0 Å². The lowest BCUT2D eigenvalue weighted by Gasteiger charge is -2.27. The fourth-order valence-corrected chi connectivity index (χ4v) is 3.66. The number of benzene rings is 1. The molecule has 0 saturated carbocycles. The molecule has 1 fully saturated rings. The van der Waals surface area contributed by atoms with Gasteiger partial charge in [0.1, 0.15) is 22.8 Å². The third-order valence-corrected chi connectivity index (χ3v) is 5.55. The van der Waals surface area contributed by atoms with Crippen LogP contribution in [0.4, 0.5) is 17.8 Å². The Morgan fingerprint density at radius 3 is 2.69 bits per heavy atom. The number of carbonyl (C=O) groups excluding carboxylic acids is 1. The summed E-state index contributed by atoms with van der Waals surface area (Å²) >= 11 is 0. The van der Waals surface area contributed by atoms with Crippen molar-refractivity contribution in [3.8, 4) is 5.75 Å². The number of hydrogen-bond acceptors (Lipinski definition) is 10. The number of rotatable bonds is 7. The average molecular weight is 476 g/mol. The molecule has 3 aromatic heterocycles. The number of nitrogens with one attached hydrogen (secondary N) is 2. The Kier molecular flexibility index (Phi) is 6.40. The van der Waals surface area contributed by atoms with Crippen molar-refractivity contribution in [2.75, 3.05) is 43.6 Å². The Hall–Kier alpha value is -4.25. The van der Waals surface area contributed by atoms with E-state index in [2.05, 4.69) is 25.6 Å². The van der Waals surface area contributed by atoms with Gasteiger partial charge in [-0.2, -0.15) is 9.97 Å². The minimum atomic E-state index is -0.418. The fraction of sp³-hybridized carbons (Fsp3) is 0.292. The zero-order valence-corrected chi connectivity index (χ0v) is 19.4. The lowest BCUT2D eigenvalue weighted by atomic mass is 10.2. The number of para-hydroxylation sites is 2. The molecule has 1 amide bonds. The Labute approximate surface area is 201 Å². The number of ether oxygens (including phenoxy) is 2. The third-order valence-electron chi connectivity index (χ3n) is 5.55. The number of anilines is 3. The first-order valence-corrected chi connectivity index (χ1v) is 11.2. The summed E-state index contributed by atoms with van der Waals surface area (Å²) in [4.78, 5) is 32.8. The molecule has 1 aliphatic rings. The third kappa shape index (κ3) is 5.14. The quantitative estimate of drug-likeness (QED) is 0.411. The SMILES string of the molecule is COc1ccc(C(=O)N[C@@H](C)c2cc(Nc3nc4ccccc4o3)nc(N3CCOCC3)n2)nc1. The Bertz CT molecular complexity index is 1290. The first kappa shape index (κ1) is 22.5. The van der Waals surface area contributed by atoms with E-state index in [0.717, 1.165) is 5.52 Å². The second-order valence-corrected chi connectivity index (χ2v) is 7.97. The molecule has 4 heterocycles. The van der Waals surface area contributed by atoms with Crippen LogP contribution in [0.3, 0.4) is 0 Å². The Balaban J connectivity index is 1.41. The van der Waals surface area contributed by atoms with Crippen LogP contribution in [0.25, 0.3) is 11.1 Å². The number of methoxy groups -OCH3 is 1. The zero-order chi connectivity index (χ0) is 24.2. The van der Waals surface area contributed by atoms with Crippen LogP contribution in [-0.4, -0.2) is 59.3 Å². The Morgan fingerprint density at radius 2 is 1.94 bits per heavy atom. The van der Waals surface area contributed by atoms with Gasteiger partial charge in [0.05, 0.1) is 38.3 Å². The van der Waals surface area contributed by atoms with Gasteiger partial charge in [-0.1, -0.05) is 12.1 Å². The average Bonchev–Trinajstić information content (AvgIpc) is 3.31. The van der Waals surface area contributed by atoms with Gasteiger partial charge in [0, 0.05) is 19.2 Å². The summed E-state index contributed by atoms with van der Waals surface area (Å²) < 4.78 is 16.4. The summed E-state index contributed by atoms with van der Waals surface area (Å²) in [5, 5.41) is 6.09. The second-order valence-electron chi connectivity index (χ2n) is 7.97. The summed E-state index contributed by atoms with van der Waals surface area (Å²) in [6.07, 6.45) is 1.50. The Morgan fingerprint density at radius 1 is 1.11 bits per heavy atom. The minimum Gasteiger partial charge on any atom is -0.495 e. The number of amides is 1. The molecule has 4 aromatic rings. The molecule has 11 nitrogen and oxygen atoms in total. The molecule has 1 saturated heterocycles. The van der Waals surface area contributed by atoms with Gasteiger partial charge in [-0.15, -0.1) is 0 Å². The van der Waals surface area contributed by atoms with Crippen LogP contribution in [0, 0.1) is 0 Å². The normalized spacial score (nSPS) is 14.5. The first-order chi connectivity index (χ1) is 17.1. The number of carbonyl (C=O) groups is 1. The molecule has 1 aromatic carbocycles. The standard InChI is InChI=1S/C24H25N7O4/c1-15(26-22(32)18-8-7-16(33-2)14-25-18)19-13-21(29-23(27-19)31-9-11-34-12-10-31)30-24-28-17-5-3-4-6-20(17)35-24/h3-8,13-15H,9-12H2,1-2H3,(H,26,32)(H,27,28,29,30)/t15-/m0/s1. The summed E-state index contributed by atoms with van der Waals surface area (Å²) in [7, 11) is 1.55. The summed E-state index contributed by atoms with van der Waals surface area (Å²) in [6.45, 7) is 4.38. The lowest BCUT2D eigenvalue weighted by Crippen LogP contribution is -2.38. The molecule has 0 spiro atoms. The van der Waals surface area contributed by atoms with Crippen molar-refractivity contribution in [2.45, 2.75) is 13.0 Å². The number of fused-ring (bicyclic) bond motifs is 1. The molecule has 0 aliphatic carbocycles. The smallest absolute Gasteiger partial charge is 0.301 e. The van der Waals surface area contributed by atoms with E-state index in [1.54, 1.807) is 25.3 Å². The lowest BCUT2D eigenvalue weighted by molar-refractivity contribution is 0.0934. The van der Waals surface area contributed by atoms with Crippen LogP contribution in [-0.2, 0) is 4.74 Å². The first-order valence-electron chi connectivity index (χ1n) is 11.2. The topological polar surface area (TPSA) is 128 Å². The van der Waals surface area contributed by atoms with E-state index in [9.17, 15) is 4.79 Å². The van der Waals surface area contributed by atoms with Crippen molar-refractivity contribution in [3.05, 3.63) is 60.0 Å². The van der Waals surface area contributed by atoms with Crippen molar-refractivity contribution in [1.29, 1.82) is 0 Å². The predicted molar refractivity (Wildman–Crippen MR) is 129 cm³/mol. The predicted octanol–water partition coefficient (Wildman–Crippen LogP) is 3.09. The number of hydrogen-bond donors (Lipinski definition) is 2.